The van der Waals surface area contributed by atoms with E-state index in [4.69, 9.17) is 0 Å². The molecule has 0 saturated heterocycles. The van der Waals surface area contributed by atoms with E-state index in [-0.39, 0.29) is 5.41 Å². The van der Waals surface area contributed by atoms with Gasteiger partial charge in [0.15, 0.2) is 0 Å². The van der Waals surface area contributed by atoms with Gasteiger partial charge in [-0.25, -0.2) is 0 Å². The Morgan fingerprint density at radius 3 is 2.35 bits per heavy atom. The van der Waals surface area contributed by atoms with E-state index in [0.717, 1.165) is 6.54 Å². The summed E-state index contributed by atoms with van der Waals surface area (Å²) in [5, 5.41) is 3.55. The summed E-state index contributed by atoms with van der Waals surface area (Å²) >= 11 is 1.98. The fourth-order valence-corrected chi connectivity index (χ4v) is 3.00. The second-order valence-electron chi connectivity index (χ2n) is 6.62. The molecule has 0 aliphatic carbocycles. The number of nitrogens with one attached hydrogen (secondary N) is 1. The van der Waals surface area contributed by atoms with Crippen molar-refractivity contribution >= 4 is 11.8 Å². The zero-order chi connectivity index (χ0) is 15.0. The number of hydrogen-bond acceptors (Lipinski definition) is 2. The molecule has 0 spiro atoms. The van der Waals surface area contributed by atoms with Crippen LogP contribution in [0.4, 0.5) is 0 Å². The fraction of sp³-hybridized carbons (Fsp3) is 0.667. The van der Waals surface area contributed by atoms with Crippen molar-refractivity contribution in [3.05, 3.63) is 29.8 Å². The Kier molecular flexibility index (Phi) is 7.68. The molecule has 1 aromatic carbocycles. The zero-order valence-corrected chi connectivity index (χ0v) is 14.6. The van der Waals surface area contributed by atoms with E-state index in [2.05, 4.69) is 64.2 Å². The molecule has 1 atom stereocenters. The summed E-state index contributed by atoms with van der Waals surface area (Å²) in [6.07, 6.45) is 3.77. The monoisotopic (exact) mass is 293 g/mol. The molecule has 0 fully saturated rings. The Morgan fingerprint density at radius 1 is 1.15 bits per heavy atom. The van der Waals surface area contributed by atoms with Crippen LogP contribution in [0.25, 0.3) is 0 Å². The molecule has 1 aromatic rings. The second kappa shape index (κ2) is 8.74. The van der Waals surface area contributed by atoms with Gasteiger partial charge in [-0.15, -0.1) is 11.8 Å². The van der Waals surface area contributed by atoms with Crippen LogP contribution < -0.4 is 5.32 Å². The molecule has 0 bridgehead atoms. The Labute approximate surface area is 129 Å². The number of rotatable bonds is 8. The number of thioether (sulfide) groups is 1. The maximum Gasteiger partial charge on any atom is 0.00721 e. The predicted molar refractivity (Wildman–Crippen MR) is 92.9 cm³/mol. The van der Waals surface area contributed by atoms with Gasteiger partial charge in [-0.3, -0.25) is 0 Å². The van der Waals surface area contributed by atoms with Crippen LogP contribution >= 0.6 is 11.8 Å². The van der Waals surface area contributed by atoms with Crippen molar-refractivity contribution in [3.8, 4) is 0 Å². The molecule has 0 aromatic heterocycles. The van der Waals surface area contributed by atoms with E-state index < -0.39 is 0 Å². The fourth-order valence-electron chi connectivity index (χ4n) is 2.12. The highest BCUT2D eigenvalue weighted by molar-refractivity contribution is 7.99. The van der Waals surface area contributed by atoms with Crippen LogP contribution in [0.2, 0.25) is 0 Å². The molecule has 1 rings (SSSR count). The summed E-state index contributed by atoms with van der Waals surface area (Å²) < 4.78 is 0. The standard InChI is InChI=1S/C18H31NS/c1-6-13-19-15(2)8-7-14-20-17-11-9-16(10-12-17)18(3,4)5/h9-12,15,19H,6-8,13-14H2,1-5H3. The molecule has 1 unspecified atom stereocenters. The topological polar surface area (TPSA) is 12.0 Å². The maximum atomic E-state index is 3.55. The Bertz CT molecular complexity index is 364. The lowest BCUT2D eigenvalue weighted by Crippen LogP contribution is -2.26. The van der Waals surface area contributed by atoms with Gasteiger partial charge >= 0.3 is 0 Å². The van der Waals surface area contributed by atoms with Crippen molar-refractivity contribution in [2.24, 2.45) is 0 Å². The predicted octanol–water partition coefficient (Wildman–Crippen LogP) is 5.24. The molecule has 114 valence electrons. The van der Waals surface area contributed by atoms with Crippen LogP contribution in [-0.2, 0) is 5.41 Å². The summed E-state index contributed by atoms with van der Waals surface area (Å²) in [6, 6.07) is 9.73. The van der Waals surface area contributed by atoms with Gasteiger partial charge in [-0.2, -0.15) is 0 Å². The van der Waals surface area contributed by atoms with Gasteiger partial charge in [0.05, 0.1) is 0 Å². The molecule has 1 nitrogen and oxygen atoms in total. The van der Waals surface area contributed by atoms with Crippen LogP contribution in [-0.4, -0.2) is 18.3 Å². The molecule has 0 saturated carbocycles. The van der Waals surface area contributed by atoms with Crippen LogP contribution in [0.1, 0.15) is 59.4 Å². The average molecular weight is 294 g/mol. The van der Waals surface area contributed by atoms with E-state index in [1.54, 1.807) is 0 Å². The molecule has 20 heavy (non-hydrogen) atoms. The van der Waals surface area contributed by atoms with Gasteiger partial charge in [0.2, 0.25) is 0 Å². The van der Waals surface area contributed by atoms with Gasteiger partial charge in [0.25, 0.3) is 0 Å². The SMILES string of the molecule is CCCNC(C)CCCSc1ccc(C(C)(C)C)cc1. The van der Waals surface area contributed by atoms with Crippen LogP contribution in [0, 0.1) is 0 Å². The third kappa shape index (κ3) is 6.81. The average Bonchev–Trinajstić information content (AvgIpc) is 2.41. The lowest BCUT2D eigenvalue weighted by atomic mass is 9.87. The van der Waals surface area contributed by atoms with Gasteiger partial charge in [0.1, 0.15) is 0 Å². The van der Waals surface area contributed by atoms with Crippen molar-refractivity contribution in [1.82, 2.24) is 5.32 Å². The highest BCUT2D eigenvalue weighted by Gasteiger charge is 2.12. The molecular weight excluding hydrogens is 262 g/mol. The summed E-state index contributed by atoms with van der Waals surface area (Å²) in [7, 11) is 0. The largest absolute Gasteiger partial charge is 0.314 e. The van der Waals surface area contributed by atoms with Crippen molar-refractivity contribution in [1.29, 1.82) is 0 Å². The third-order valence-corrected chi connectivity index (χ3v) is 4.61. The first kappa shape index (κ1) is 17.6. The molecule has 0 heterocycles. The lowest BCUT2D eigenvalue weighted by Gasteiger charge is -2.19. The maximum absolute atomic E-state index is 3.55. The Balaban J connectivity index is 2.26. The van der Waals surface area contributed by atoms with Gasteiger partial charge in [0, 0.05) is 10.9 Å². The molecule has 2 heteroatoms. The van der Waals surface area contributed by atoms with Gasteiger partial charge in [-0.05, 0) is 61.6 Å². The number of hydrogen-bond donors (Lipinski definition) is 1. The van der Waals surface area contributed by atoms with Gasteiger partial charge < -0.3 is 5.32 Å². The van der Waals surface area contributed by atoms with Crippen LogP contribution in [0.15, 0.2) is 29.2 Å². The summed E-state index contributed by atoms with van der Waals surface area (Å²) in [5.74, 6) is 1.22. The highest BCUT2D eigenvalue weighted by Crippen LogP contribution is 2.26. The first-order valence-corrected chi connectivity index (χ1v) is 8.88. The molecule has 0 aliphatic rings. The van der Waals surface area contributed by atoms with Crippen molar-refractivity contribution in [2.75, 3.05) is 12.3 Å². The second-order valence-corrected chi connectivity index (χ2v) is 7.79. The summed E-state index contributed by atoms with van der Waals surface area (Å²) in [5.41, 5.74) is 1.67. The Morgan fingerprint density at radius 2 is 1.80 bits per heavy atom. The normalized spacial score (nSPS) is 13.4. The van der Waals surface area contributed by atoms with Crippen LogP contribution in [0.3, 0.4) is 0 Å². The molecule has 0 aliphatic heterocycles. The summed E-state index contributed by atoms with van der Waals surface area (Å²) in [6.45, 7) is 12.4. The van der Waals surface area contributed by atoms with E-state index >= 15 is 0 Å². The van der Waals surface area contributed by atoms with Crippen molar-refractivity contribution in [2.45, 2.75) is 70.2 Å². The van der Waals surface area contributed by atoms with Crippen molar-refractivity contribution < 1.29 is 0 Å². The highest BCUT2D eigenvalue weighted by atomic mass is 32.2. The molecule has 0 radical (unpaired) electrons. The van der Waals surface area contributed by atoms with Gasteiger partial charge in [-0.1, -0.05) is 39.8 Å². The smallest absolute Gasteiger partial charge is 0.00721 e. The van der Waals surface area contributed by atoms with E-state index in [1.165, 1.54) is 35.5 Å². The zero-order valence-electron chi connectivity index (χ0n) is 13.8. The Hall–Kier alpha value is -0.470. The minimum absolute atomic E-state index is 0.254. The van der Waals surface area contributed by atoms with Crippen molar-refractivity contribution in [3.63, 3.8) is 0 Å². The van der Waals surface area contributed by atoms with E-state index in [9.17, 15) is 0 Å². The van der Waals surface area contributed by atoms with E-state index in [1.807, 2.05) is 11.8 Å². The minimum Gasteiger partial charge on any atom is -0.314 e. The number of benzene rings is 1. The van der Waals surface area contributed by atoms with E-state index in [0.29, 0.717) is 6.04 Å². The first-order valence-electron chi connectivity index (χ1n) is 7.90. The van der Waals surface area contributed by atoms with Crippen LogP contribution in [0.5, 0.6) is 0 Å². The first-order chi connectivity index (χ1) is 9.43. The minimum atomic E-state index is 0.254. The summed E-state index contributed by atoms with van der Waals surface area (Å²) in [4.78, 5) is 1.40. The lowest BCUT2D eigenvalue weighted by molar-refractivity contribution is 0.510. The molecule has 1 N–H and O–H groups in total. The molecule has 0 amide bonds. The third-order valence-electron chi connectivity index (χ3n) is 3.51. The molecular formula is C18H31NS. The quantitative estimate of drug-likeness (QED) is 0.519.